The van der Waals surface area contributed by atoms with Crippen molar-refractivity contribution in [3.63, 3.8) is 0 Å². The average Bonchev–Trinajstić information content (AvgIpc) is 2.55. The SMILES string of the molecule is CC1CN(C2CC(c3ccccc3)CCC2C#N)CCO1. The minimum Gasteiger partial charge on any atom is -0.376 e. The Hall–Kier alpha value is -1.37. The molecule has 1 aromatic carbocycles. The summed E-state index contributed by atoms with van der Waals surface area (Å²) in [5, 5.41) is 9.51. The molecule has 0 radical (unpaired) electrons. The molecule has 0 aromatic heterocycles. The van der Waals surface area contributed by atoms with Gasteiger partial charge >= 0.3 is 0 Å². The van der Waals surface area contributed by atoms with Crippen LogP contribution in [0.15, 0.2) is 30.3 Å². The Bertz CT molecular complexity index is 496. The molecule has 0 amide bonds. The van der Waals surface area contributed by atoms with E-state index in [0.717, 1.165) is 39.0 Å². The van der Waals surface area contributed by atoms with Gasteiger partial charge in [0.25, 0.3) is 0 Å². The fraction of sp³-hybridized carbons (Fsp3) is 0.611. The second kappa shape index (κ2) is 6.60. The summed E-state index contributed by atoms with van der Waals surface area (Å²) in [6.45, 7) is 4.86. The molecule has 0 bridgehead atoms. The van der Waals surface area contributed by atoms with Gasteiger partial charge in [0.2, 0.25) is 0 Å². The lowest BCUT2D eigenvalue weighted by atomic mass is 9.75. The van der Waals surface area contributed by atoms with Gasteiger partial charge in [-0.25, -0.2) is 0 Å². The first-order valence-electron chi connectivity index (χ1n) is 8.08. The molecule has 0 spiro atoms. The Morgan fingerprint density at radius 3 is 2.76 bits per heavy atom. The number of ether oxygens (including phenoxy) is 1. The van der Waals surface area contributed by atoms with E-state index in [4.69, 9.17) is 4.74 Å². The number of nitriles is 1. The molecule has 3 rings (SSSR count). The van der Waals surface area contributed by atoms with Crippen molar-refractivity contribution in [3.8, 4) is 6.07 Å². The van der Waals surface area contributed by atoms with E-state index in [0.29, 0.717) is 12.0 Å². The number of morpholine rings is 1. The van der Waals surface area contributed by atoms with Gasteiger partial charge in [-0.1, -0.05) is 30.3 Å². The molecule has 3 nitrogen and oxygen atoms in total. The Morgan fingerprint density at radius 2 is 2.05 bits per heavy atom. The molecule has 21 heavy (non-hydrogen) atoms. The topological polar surface area (TPSA) is 36.3 Å². The predicted octanol–water partition coefficient (Wildman–Crippen LogP) is 3.18. The van der Waals surface area contributed by atoms with E-state index in [2.05, 4.69) is 48.2 Å². The molecule has 1 saturated carbocycles. The van der Waals surface area contributed by atoms with Crippen molar-refractivity contribution >= 4 is 0 Å². The first kappa shape index (κ1) is 14.6. The van der Waals surface area contributed by atoms with Crippen LogP contribution in [0.3, 0.4) is 0 Å². The Labute approximate surface area is 127 Å². The van der Waals surface area contributed by atoms with Crippen molar-refractivity contribution in [1.29, 1.82) is 5.26 Å². The van der Waals surface area contributed by atoms with E-state index in [-0.39, 0.29) is 12.0 Å². The van der Waals surface area contributed by atoms with Gasteiger partial charge in [0.15, 0.2) is 0 Å². The predicted molar refractivity (Wildman–Crippen MR) is 82.9 cm³/mol. The number of hydrogen-bond acceptors (Lipinski definition) is 3. The van der Waals surface area contributed by atoms with Gasteiger partial charge in [-0.2, -0.15) is 5.26 Å². The maximum absolute atomic E-state index is 9.51. The van der Waals surface area contributed by atoms with Gasteiger partial charge in [-0.15, -0.1) is 0 Å². The van der Waals surface area contributed by atoms with Gasteiger partial charge in [-0.05, 0) is 37.7 Å². The Balaban J connectivity index is 1.74. The monoisotopic (exact) mass is 284 g/mol. The van der Waals surface area contributed by atoms with Crippen LogP contribution in [-0.4, -0.2) is 36.7 Å². The molecule has 0 N–H and O–H groups in total. The van der Waals surface area contributed by atoms with Crippen LogP contribution in [0, 0.1) is 17.2 Å². The third kappa shape index (κ3) is 3.28. The highest BCUT2D eigenvalue weighted by molar-refractivity contribution is 5.21. The lowest BCUT2D eigenvalue weighted by molar-refractivity contribution is -0.0466. The zero-order valence-electron chi connectivity index (χ0n) is 12.7. The van der Waals surface area contributed by atoms with Crippen LogP contribution in [-0.2, 0) is 4.74 Å². The van der Waals surface area contributed by atoms with Crippen LogP contribution < -0.4 is 0 Å². The summed E-state index contributed by atoms with van der Waals surface area (Å²) < 4.78 is 5.65. The molecule has 3 heteroatoms. The summed E-state index contributed by atoms with van der Waals surface area (Å²) in [6.07, 6.45) is 3.55. The van der Waals surface area contributed by atoms with Crippen molar-refractivity contribution in [3.05, 3.63) is 35.9 Å². The second-order valence-corrected chi connectivity index (χ2v) is 6.40. The van der Waals surface area contributed by atoms with Gasteiger partial charge in [0.05, 0.1) is 24.7 Å². The highest BCUT2D eigenvalue weighted by Crippen LogP contribution is 2.38. The first-order valence-corrected chi connectivity index (χ1v) is 8.08. The normalized spacial score (nSPS) is 34.3. The zero-order valence-corrected chi connectivity index (χ0v) is 12.7. The number of benzene rings is 1. The molecule has 2 fully saturated rings. The van der Waals surface area contributed by atoms with Crippen LogP contribution in [0.5, 0.6) is 0 Å². The highest BCUT2D eigenvalue weighted by Gasteiger charge is 2.36. The zero-order chi connectivity index (χ0) is 14.7. The fourth-order valence-electron chi connectivity index (χ4n) is 3.88. The molecule has 112 valence electrons. The van der Waals surface area contributed by atoms with Crippen LogP contribution >= 0.6 is 0 Å². The summed E-state index contributed by atoms with van der Waals surface area (Å²) in [5.74, 6) is 0.772. The van der Waals surface area contributed by atoms with Gasteiger partial charge in [-0.3, -0.25) is 4.90 Å². The number of hydrogen-bond donors (Lipinski definition) is 0. The standard InChI is InChI=1S/C18H24N2O/c1-14-13-20(9-10-21-14)18-11-16(7-8-17(18)12-19)15-5-3-2-4-6-15/h2-6,14,16-18H,7-11,13H2,1H3. The van der Waals surface area contributed by atoms with Crippen molar-refractivity contribution in [2.24, 2.45) is 5.92 Å². The lowest BCUT2D eigenvalue weighted by Gasteiger charge is -2.43. The minimum atomic E-state index is 0.176. The third-order valence-electron chi connectivity index (χ3n) is 4.99. The van der Waals surface area contributed by atoms with E-state index in [1.165, 1.54) is 5.56 Å². The molecule has 1 aliphatic heterocycles. The third-order valence-corrected chi connectivity index (χ3v) is 4.99. The summed E-state index contributed by atoms with van der Waals surface area (Å²) in [6, 6.07) is 13.7. The minimum absolute atomic E-state index is 0.176. The molecule has 4 atom stereocenters. The summed E-state index contributed by atoms with van der Waals surface area (Å²) in [5.41, 5.74) is 1.43. The average molecular weight is 284 g/mol. The summed E-state index contributed by atoms with van der Waals surface area (Å²) in [4.78, 5) is 2.50. The quantitative estimate of drug-likeness (QED) is 0.837. The summed E-state index contributed by atoms with van der Waals surface area (Å²) >= 11 is 0. The molecule has 1 heterocycles. The Kier molecular flexibility index (Phi) is 4.57. The highest BCUT2D eigenvalue weighted by atomic mass is 16.5. The number of rotatable bonds is 2. The lowest BCUT2D eigenvalue weighted by Crippen LogP contribution is -2.51. The molecule has 4 unspecified atom stereocenters. The van der Waals surface area contributed by atoms with Gasteiger partial charge in [0.1, 0.15) is 0 Å². The first-order chi connectivity index (χ1) is 10.3. The van der Waals surface area contributed by atoms with Crippen LogP contribution in [0.2, 0.25) is 0 Å². The van der Waals surface area contributed by atoms with Gasteiger partial charge in [0, 0.05) is 19.1 Å². The van der Waals surface area contributed by atoms with Crippen LogP contribution in [0.4, 0.5) is 0 Å². The largest absolute Gasteiger partial charge is 0.376 e. The molecule has 1 aliphatic carbocycles. The van der Waals surface area contributed by atoms with Gasteiger partial charge < -0.3 is 4.74 Å². The smallest absolute Gasteiger partial charge is 0.0674 e. The number of nitrogens with zero attached hydrogens (tertiary/aromatic N) is 2. The molecular formula is C18H24N2O. The van der Waals surface area contributed by atoms with E-state index >= 15 is 0 Å². The molecule has 2 aliphatic rings. The fourth-order valence-corrected chi connectivity index (χ4v) is 3.88. The van der Waals surface area contributed by atoms with E-state index in [1.807, 2.05) is 0 Å². The summed E-state index contributed by atoms with van der Waals surface area (Å²) in [7, 11) is 0. The molecule has 1 aromatic rings. The van der Waals surface area contributed by atoms with Crippen LogP contribution in [0.25, 0.3) is 0 Å². The van der Waals surface area contributed by atoms with Crippen molar-refractivity contribution in [2.75, 3.05) is 19.7 Å². The second-order valence-electron chi connectivity index (χ2n) is 6.40. The van der Waals surface area contributed by atoms with Crippen molar-refractivity contribution < 1.29 is 4.74 Å². The Morgan fingerprint density at radius 1 is 1.24 bits per heavy atom. The maximum atomic E-state index is 9.51. The van der Waals surface area contributed by atoms with E-state index in [9.17, 15) is 5.26 Å². The van der Waals surface area contributed by atoms with E-state index in [1.54, 1.807) is 0 Å². The maximum Gasteiger partial charge on any atom is 0.0674 e. The van der Waals surface area contributed by atoms with Crippen molar-refractivity contribution in [1.82, 2.24) is 4.90 Å². The van der Waals surface area contributed by atoms with E-state index < -0.39 is 0 Å². The van der Waals surface area contributed by atoms with Crippen molar-refractivity contribution in [2.45, 2.75) is 44.2 Å². The molecular weight excluding hydrogens is 260 g/mol. The molecule has 1 saturated heterocycles. The van der Waals surface area contributed by atoms with Crippen LogP contribution in [0.1, 0.15) is 37.7 Å².